The molecule has 19 heavy (non-hydrogen) atoms. The molecule has 0 amide bonds. The lowest BCUT2D eigenvalue weighted by atomic mass is 9.77. The predicted octanol–water partition coefficient (Wildman–Crippen LogP) is 1.46. The van der Waals surface area contributed by atoms with Crippen LogP contribution in [0.3, 0.4) is 0 Å². The van der Waals surface area contributed by atoms with Gasteiger partial charge >= 0.3 is 5.97 Å². The highest BCUT2D eigenvalue weighted by Gasteiger charge is 2.49. The van der Waals surface area contributed by atoms with E-state index in [-0.39, 0.29) is 0 Å². The molecule has 2 heterocycles. The number of carboxylic acids is 1. The van der Waals surface area contributed by atoms with E-state index >= 15 is 0 Å². The summed E-state index contributed by atoms with van der Waals surface area (Å²) >= 11 is 3.30. The van der Waals surface area contributed by atoms with Gasteiger partial charge in [-0.15, -0.1) is 5.10 Å². The van der Waals surface area contributed by atoms with Crippen molar-refractivity contribution in [2.45, 2.75) is 24.8 Å². The Labute approximate surface area is 116 Å². The topological polar surface area (TPSA) is 93.8 Å². The molecule has 98 valence electrons. The zero-order chi connectivity index (χ0) is 13.5. The number of nitrogens with zero attached hydrogens (tertiary/aromatic N) is 5. The van der Waals surface area contributed by atoms with Gasteiger partial charge in [-0.3, -0.25) is 4.98 Å². The molecular weight excluding hydrogens is 314 g/mol. The van der Waals surface area contributed by atoms with Gasteiger partial charge in [-0.1, -0.05) is 0 Å². The van der Waals surface area contributed by atoms with Crippen LogP contribution in [-0.2, 0) is 10.3 Å². The van der Waals surface area contributed by atoms with E-state index in [1.54, 1.807) is 12.3 Å². The van der Waals surface area contributed by atoms with E-state index in [1.165, 1.54) is 4.68 Å². The van der Waals surface area contributed by atoms with Crippen molar-refractivity contribution in [2.75, 3.05) is 0 Å². The lowest BCUT2D eigenvalue weighted by Crippen LogP contribution is -2.48. The molecule has 2 aromatic rings. The maximum absolute atomic E-state index is 11.5. The van der Waals surface area contributed by atoms with Crippen LogP contribution in [-0.4, -0.2) is 36.3 Å². The Kier molecular flexibility index (Phi) is 2.81. The second-order valence-corrected chi connectivity index (χ2v) is 5.38. The van der Waals surface area contributed by atoms with E-state index in [2.05, 4.69) is 36.4 Å². The Morgan fingerprint density at radius 1 is 1.42 bits per heavy atom. The smallest absolute Gasteiger partial charge is 0.331 e. The van der Waals surface area contributed by atoms with Crippen molar-refractivity contribution < 1.29 is 9.90 Å². The summed E-state index contributed by atoms with van der Waals surface area (Å²) in [6, 6.07) is 3.57. The molecular formula is C11H10BrN5O2. The summed E-state index contributed by atoms with van der Waals surface area (Å²) in [6.07, 6.45) is 3.57. The summed E-state index contributed by atoms with van der Waals surface area (Å²) in [5.41, 5.74) is -0.464. The third-order valence-corrected chi connectivity index (χ3v) is 3.88. The standard InChI is InChI=1S/C11H10BrN5O2/c12-7-2-3-8(13-6-7)9-14-15-16-17(9)11(10(18)19)4-1-5-11/h2-3,6H,1,4-5H2,(H,18,19). The number of tetrazole rings is 1. The van der Waals surface area contributed by atoms with Gasteiger partial charge < -0.3 is 5.11 Å². The van der Waals surface area contributed by atoms with Crippen molar-refractivity contribution in [3.8, 4) is 11.5 Å². The zero-order valence-corrected chi connectivity index (χ0v) is 11.4. The monoisotopic (exact) mass is 323 g/mol. The molecule has 1 aliphatic rings. The largest absolute Gasteiger partial charge is 0.479 e. The highest BCUT2D eigenvalue weighted by molar-refractivity contribution is 9.10. The first-order chi connectivity index (χ1) is 9.13. The normalized spacial score (nSPS) is 16.9. The lowest BCUT2D eigenvalue weighted by Gasteiger charge is -2.37. The minimum atomic E-state index is -1.02. The Morgan fingerprint density at radius 2 is 2.21 bits per heavy atom. The van der Waals surface area contributed by atoms with Crippen molar-refractivity contribution >= 4 is 21.9 Å². The van der Waals surface area contributed by atoms with Crippen molar-refractivity contribution in [1.29, 1.82) is 0 Å². The van der Waals surface area contributed by atoms with Crippen LogP contribution in [0.2, 0.25) is 0 Å². The Hall–Kier alpha value is -1.83. The third kappa shape index (κ3) is 1.83. The Morgan fingerprint density at radius 3 is 2.74 bits per heavy atom. The van der Waals surface area contributed by atoms with Gasteiger partial charge in [-0.25, -0.2) is 9.48 Å². The SMILES string of the molecule is O=C(O)C1(n2nnnc2-c2ccc(Br)cn2)CCC1. The molecule has 0 atom stereocenters. The minimum absolute atomic E-state index is 0.384. The first-order valence-corrected chi connectivity index (χ1v) is 6.57. The summed E-state index contributed by atoms with van der Waals surface area (Å²) in [4.78, 5) is 15.7. The first-order valence-electron chi connectivity index (χ1n) is 5.78. The van der Waals surface area contributed by atoms with Crippen LogP contribution in [0, 0.1) is 0 Å². The van der Waals surface area contributed by atoms with Crippen LogP contribution in [0.5, 0.6) is 0 Å². The van der Waals surface area contributed by atoms with Crippen LogP contribution < -0.4 is 0 Å². The molecule has 1 saturated carbocycles. The third-order valence-electron chi connectivity index (χ3n) is 3.41. The van der Waals surface area contributed by atoms with Gasteiger partial charge in [0.25, 0.3) is 0 Å². The van der Waals surface area contributed by atoms with Crippen molar-refractivity contribution in [1.82, 2.24) is 25.2 Å². The van der Waals surface area contributed by atoms with Crippen molar-refractivity contribution in [3.63, 3.8) is 0 Å². The van der Waals surface area contributed by atoms with E-state index in [9.17, 15) is 9.90 Å². The maximum Gasteiger partial charge on any atom is 0.331 e. The highest BCUT2D eigenvalue weighted by Crippen LogP contribution is 2.40. The van der Waals surface area contributed by atoms with Crippen LogP contribution in [0.1, 0.15) is 19.3 Å². The van der Waals surface area contributed by atoms with Crippen LogP contribution in [0.4, 0.5) is 0 Å². The minimum Gasteiger partial charge on any atom is -0.479 e. The zero-order valence-electron chi connectivity index (χ0n) is 9.82. The Bertz CT molecular complexity index is 620. The Balaban J connectivity index is 2.08. The molecule has 0 unspecified atom stereocenters. The summed E-state index contributed by atoms with van der Waals surface area (Å²) in [5.74, 6) is -0.515. The number of hydrogen-bond acceptors (Lipinski definition) is 5. The number of carboxylic acid groups (broad SMARTS) is 1. The highest BCUT2D eigenvalue weighted by atomic mass is 79.9. The number of pyridine rings is 1. The molecule has 0 bridgehead atoms. The average molecular weight is 324 g/mol. The molecule has 7 nitrogen and oxygen atoms in total. The fourth-order valence-corrected chi connectivity index (χ4v) is 2.41. The van der Waals surface area contributed by atoms with Gasteiger partial charge in [0, 0.05) is 10.7 Å². The summed E-state index contributed by atoms with van der Waals surface area (Å²) < 4.78 is 2.22. The molecule has 1 aliphatic carbocycles. The van der Waals surface area contributed by atoms with Gasteiger partial charge in [0.05, 0.1) is 0 Å². The second-order valence-electron chi connectivity index (χ2n) is 4.47. The average Bonchev–Trinajstić information content (AvgIpc) is 2.77. The molecule has 0 radical (unpaired) electrons. The predicted molar refractivity (Wildman–Crippen MR) is 68.2 cm³/mol. The summed E-state index contributed by atoms with van der Waals surface area (Å²) in [6.45, 7) is 0. The number of halogens is 1. The van der Waals surface area contributed by atoms with Gasteiger partial charge in [0.1, 0.15) is 5.69 Å². The molecule has 1 N–H and O–H groups in total. The van der Waals surface area contributed by atoms with E-state index in [0.717, 1.165) is 10.9 Å². The second kappa shape index (κ2) is 4.37. The van der Waals surface area contributed by atoms with Crippen LogP contribution in [0.25, 0.3) is 11.5 Å². The molecule has 1 fully saturated rings. The number of hydrogen-bond donors (Lipinski definition) is 1. The van der Waals surface area contributed by atoms with E-state index in [4.69, 9.17) is 0 Å². The molecule has 0 spiro atoms. The van der Waals surface area contributed by atoms with Crippen molar-refractivity contribution in [2.24, 2.45) is 0 Å². The van der Waals surface area contributed by atoms with E-state index in [0.29, 0.717) is 24.4 Å². The fourth-order valence-electron chi connectivity index (χ4n) is 2.17. The first kappa shape index (κ1) is 12.2. The molecule has 2 aromatic heterocycles. The van der Waals surface area contributed by atoms with Gasteiger partial charge in [-0.05, 0) is 57.8 Å². The van der Waals surface area contributed by atoms with Gasteiger partial charge in [-0.2, -0.15) is 0 Å². The van der Waals surface area contributed by atoms with Gasteiger partial charge in [0.15, 0.2) is 5.54 Å². The number of rotatable bonds is 3. The molecule has 3 rings (SSSR count). The van der Waals surface area contributed by atoms with Crippen LogP contribution in [0.15, 0.2) is 22.8 Å². The summed E-state index contributed by atoms with van der Waals surface area (Å²) in [7, 11) is 0. The van der Waals surface area contributed by atoms with Crippen LogP contribution >= 0.6 is 15.9 Å². The molecule has 8 heteroatoms. The molecule has 0 saturated heterocycles. The summed E-state index contributed by atoms with van der Waals surface area (Å²) in [5, 5.41) is 20.8. The van der Waals surface area contributed by atoms with Gasteiger partial charge in [0.2, 0.25) is 5.82 Å². The maximum atomic E-state index is 11.5. The van der Waals surface area contributed by atoms with E-state index < -0.39 is 11.5 Å². The molecule has 0 aromatic carbocycles. The quantitative estimate of drug-likeness (QED) is 0.919. The number of aliphatic carboxylic acids is 1. The van der Waals surface area contributed by atoms with Crippen molar-refractivity contribution in [3.05, 3.63) is 22.8 Å². The number of carbonyl (C=O) groups is 1. The lowest BCUT2D eigenvalue weighted by molar-refractivity contribution is -0.153. The molecule has 0 aliphatic heterocycles. The number of aromatic nitrogens is 5. The van der Waals surface area contributed by atoms with E-state index in [1.807, 2.05) is 6.07 Å². The fraction of sp³-hybridized carbons (Fsp3) is 0.364.